The van der Waals surface area contributed by atoms with Crippen LogP contribution in [0.3, 0.4) is 0 Å². The van der Waals surface area contributed by atoms with Gasteiger partial charge in [-0.25, -0.2) is 0 Å². The summed E-state index contributed by atoms with van der Waals surface area (Å²) >= 11 is 0. The van der Waals surface area contributed by atoms with Crippen LogP contribution in [0.2, 0.25) is 0 Å². The third-order valence-electron chi connectivity index (χ3n) is 25.6. The van der Waals surface area contributed by atoms with Crippen LogP contribution < -0.4 is 0 Å². The molecule has 0 aliphatic rings. The second kappa shape index (κ2) is 36.3. The smallest absolute Gasteiger partial charge is 0.312 e. The number of hydrogen-bond acceptors (Lipinski definition) is 3. The molecule has 115 heavy (non-hydrogen) atoms. The summed E-state index contributed by atoms with van der Waals surface area (Å²) in [5.41, 5.74) is 19.4. The molecule has 0 radical (unpaired) electrons. The Morgan fingerprint density at radius 1 is 0.235 bits per heavy atom. The summed E-state index contributed by atoms with van der Waals surface area (Å²) in [5.74, 6) is -0.391. The molecule has 0 aliphatic carbocycles. The minimum Gasteiger partial charge on any atom is -0.312 e. The van der Waals surface area contributed by atoms with E-state index in [0.29, 0.717) is 19.8 Å². The standard InChI is InChI=1S/C111H171O3P/c1-43-49-52-82(109(46-4,85-61-55-76(97(7,8)9)67-91(85)103(25,26)27)86-62-56-77(98(10,11)12)68-92(86)104(28,29)30)73-112-115(113-74-83(53-50-44-2)110(47-5,87-63-57-78(99(13,14)15)69-93(87)105(31,32)33)88-64-58-79(100(16,17)18)70-94(88)106(34,35)36)114-75-84(54-51-45-3)111(48-6,89-65-59-80(101(19,20)21)71-95(89)107(37,38)39)90-66-60-81(102(22,23)24)72-96(90)108(40,41)42/h46-48,55-72,82-84H,4-6,43-45,49-54,73-75H2,1-3,7-42H3. The highest BCUT2D eigenvalue weighted by molar-refractivity contribution is 7.41. The zero-order valence-corrected chi connectivity index (χ0v) is 82.5. The largest absolute Gasteiger partial charge is 0.332 e. The lowest BCUT2D eigenvalue weighted by molar-refractivity contribution is 0.0896. The molecule has 3 nitrogen and oxygen atoms in total. The molecule has 6 aromatic rings. The first kappa shape index (κ1) is 98.7. The summed E-state index contributed by atoms with van der Waals surface area (Å²) in [6.07, 6.45) is 15.7. The lowest BCUT2D eigenvalue weighted by Crippen LogP contribution is -2.42. The molecule has 638 valence electrons. The fourth-order valence-corrected chi connectivity index (χ4v) is 19.2. The maximum Gasteiger partial charge on any atom is 0.332 e. The Labute approximate surface area is 711 Å². The van der Waals surface area contributed by atoms with Crippen LogP contribution in [0, 0.1) is 17.8 Å². The lowest BCUT2D eigenvalue weighted by Gasteiger charge is -2.47. The van der Waals surface area contributed by atoms with E-state index in [9.17, 15) is 0 Å². The molecule has 6 rings (SSSR count). The lowest BCUT2D eigenvalue weighted by atomic mass is 9.58. The second-order valence-corrected chi connectivity index (χ2v) is 48.6. The first-order valence-electron chi connectivity index (χ1n) is 44.9. The van der Waals surface area contributed by atoms with Gasteiger partial charge in [-0.2, -0.15) is 0 Å². The normalized spacial score (nSPS) is 15.1. The van der Waals surface area contributed by atoms with Crippen LogP contribution >= 0.6 is 8.60 Å². The summed E-state index contributed by atoms with van der Waals surface area (Å²) < 4.78 is 24.7. The van der Waals surface area contributed by atoms with Gasteiger partial charge in [0, 0.05) is 34.0 Å². The van der Waals surface area contributed by atoms with Gasteiger partial charge in [-0.05, 0) is 184 Å². The predicted molar refractivity (Wildman–Crippen MR) is 510 cm³/mol. The summed E-state index contributed by atoms with van der Waals surface area (Å²) in [4.78, 5) is 0. The molecule has 3 unspecified atom stereocenters. The number of unbranched alkanes of at least 4 members (excludes halogenated alkanes) is 3. The van der Waals surface area contributed by atoms with Crippen LogP contribution in [0.4, 0.5) is 0 Å². The van der Waals surface area contributed by atoms with E-state index >= 15 is 0 Å². The summed E-state index contributed by atoms with van der Waals surface area (Å²) in [6, 6.07) is 44.8. The minimum absolute atomic E-state index is 0.0886. The molecular weight excluding hydrogens is 1410 g/mol. The van der Waals surface area contributed by atoms with Gasteiger partial charge in [0.1, 0.15) is 0 Å². The molecule has 0 spiro atoms. The Balaban J connectivity index is 1.88. The van der Waals surface area contributed by atoms with E-state index in [1.54, 1.807) is 0 Å². The Morgan fingerprint density at radius 2 is 0.383 bits per heavy atom. The van der Waals surface area contributed by atoms with Crippen molar-refractivity contribution in [2.75, 3.05) is 19.8 Å². The average Bonchev–Trinajstić information content (AvgIpc) is 0.732. The Morgan fingerprint density at radius 3 is 0.496 bits per heavy atom. The predicted octanol–water partition coefficient (Wildman–Crippen LogP) is 32.8. The van der Waals surface area contributed by atoms with Gasteiger partial charge in [0.05, 0.1) is 19.8 Å². The summed E-state index contributed by atoms with van der Waals surface area (Å²) in [5, 5.41) is 0. The molecule has 3 atom stereocenters. The topological polar surface area (TPSA) is 27.7 Å². The Bertz CT molecular complexity index is 3580. The van der Waals surface area contributed by atoms with Crippen LogP contribution in [-0.4, -0.2) is 19.8 Å². The van der Waals surface area contributed by atoms with Crippen LogP contribution in [-0.2, 0) is 94.8 Å². The molecule has 0 amide bonds. The molecule has 0 saturated carbocycles. The quantitative estimate of drug-likeness (QED) is 0.0332. The van der Waals surface area contributed by atoms with E-state index in [0.717, 1.165) is 57.8 Å². The molecule has 0 fully saturated rings. The SMILES string of the molecule is C=CC(c1ccc(C(C)(C)C)cc1C(C)(C)C)(c1ccc(C(C)(C)C)cc1C(C)(C)C)C(CCCC)COP(OCC(CCCC)C(C=C)(c1ccc(C(C)(C)C)cc1C(C)(C)C)c1ccc(C(C)(C)C)cc1C(C)(C)C)OCC(CCCC)C(C=C)(c1ccc(C(C)(C)C)cc1C(C)(C)C)c1ccc(C(C)(C)C)cc1C(C)(C)C. The Hall–Kier alpha value is -5.15. The monoisotopic (exact) mass is 1580 g/mol. The summed E-state index contributed by atoms with van der Waals surface area (Å²) in [7, 11) is -2.18. The van der Waals surface area contributed by atoms with Crippen LogP contribution in [0.15, 0.2) is 147 Å². The van der Waals surface area contributed by atoms with Gasteiger partial charge in [0.2, 0.25) is 0 Å². The van der Waals surface area contributed by atoms with Gasteiger partial charge < -0.3 is 13.6 Å². The highest BCUT2D eigenvalue weighted by Crippen LogP contribution is 2.58. The van der Waals surface area contributed by atoms with E-state index in [1.807, 2.05) is 0 Å². The van der Waals surface area contributed by atoms with Gasteiger partial charge in [-0.3, -0.25) is 0 Å². The van der Waals surface area contributed by atoms with E-state index in [4.69, 9.17) is 33.3 Å². The van der Waals surface area contributed by atoms with Gasteiger partial charge in [-0.15, -0.1) is 19.7 Å². The summed E-state index contributed by atoms with van der Waals surface area (Å²) in [6.45, 7) is 109. The van der Waals surface area contributed by atoms with Gasteiger partial charge in [-0.1, -0.05) is 436 Å². The van der Waals surface area contributed by atoms with Crippen molar-refractivity contribution in [2.24, 2.45) is 17.8 Å². The van der Waals surface area contributed by atoms with E-state index in [-0.39, 0.29) is 82.7 Å². The van der Waals surface area contributed by atoms with Crippen molar-refractivity contribution in [3.8, 4) is 0 Å². The molecule has 0 aromatic heterocycles. The zero-order valence-electron chi connectivity index (χ0n) is 81.6. The fourth-order valence-electron chi connectivity index (χ4n) is 18.1. The molecule has 0 saturated heterocycles. The van der Waals surface area contributed by atoms with Crippen molar-refractivity contribution in [3.05, 3.63) is 247 Å². The molecule has 0 heterocycles. The number of rotatable bonds is 30. The van der Waals surface area contributed by atoms with Gasteiger partial charge in [0.15, 0.2) is 0 Å². The van der Waals surface area contributed by atoms with Crippen molar-refractivity contribution in [2.45, 2.75) is 409 Å². The van der Waals surface area contributed by atoms with Gasteiger partial charge >= 0.3 is 8.60 Å². The second-order valence-electron chi connectivity index (χ2n) is 47.4. The van der Waals surface area contributed by atoms with Crippen molar-refractivity contribution in [3.63, 3.8) is 0 Å². The van der Waals surface area contributed by atoms with E-state index in [1.165, 1.54) is 100 Å². The fraction of sp³-hybridized carbons (Fsp3) is 0.622. The number of allylic oxidation sites excluding steroid dienone is 3. The molecule has 0 aliphatic heterocycles. The molecule has 4 heteroatoms. The van der Waals surface area contributed by atoms with Crippen molar-refractivity contribution < 1.29 is 13.6 Å². The van der Waals surface area contributed by atoms with Crippen molar-refractivity contribution in [1.29, 1.82) is 0 Å². The van der Waals surface area contributed by atoms with Crippen molar-refractivity contribution >= 4 is 8.60 Å². The third kappa shape index (κ3) is 22.5. The number of benzene rings is 6. The zero-order chi connectivity index (χ0) is 87.7. The highest BCUT2D eigenvalue weighted by Gasteiger charge is 2.51. The molecule has 0 N–H and O–H groups in total. The first-order chi connectivity index (χ1) is 52.3. The van der Waals surface area contributed by atoms with Crippen LogP contribution in [0.5, 0.6) is 0 Å². The van der Waals surface area contributed by atoms with E-state index < -0.39 is 24.8 Å². The molecule has 6 aromatic carbocycles. The molecular formula is C111H171O3P. The maximum absolute atomic E-state index is 8.23. The maximum atomic E-state index is 8.23. The Kier molecular flexibility index (Phi) is 31.1. The first-order valence-corrected chi connectivity index (χ1v) is 46.0. The van der Waals surface area contributed by atoms with Crippen LogP contribution in [0.1, 0.15) is 428 Å². The minimum atomic E-state index is -2.18. The average molecular weight is 1580 g/mol. The third-order valence-corrected chi connectivity index (χ3v) is 26.7. The van der Waals surface area contributed by atoms with E-state index in [2.05, 4.69) is 397 Å². The van der Waals surface area contributed by atoms with Gasteiger partial charge in [0.25, 0.3) is 0 Å². The molecule has 0 bridgehead atoms. The van der Waals surface area contributed by atoms with Crippen molar-refractivity contribution in [1.82, 2.24) is 0 Å². The highest BCUT2D eigenvalue weighted by atomic mass is 31.2. The number of hydrogen-bond donors (Lipinski definition) is 0. The van der Waals surface area contributed by atoms with Crippen LogP contribution in [0.25, 0.3) is 0 Å².